The van der Waals surface area contributed by atoms with E-state index in [-0.39, 0.29) is 17.4 Å². The Morgan fingerprint density at radius 2 is 1.87 bits per heavy atom. The fourth-order valence-corrected chi connectivity index (χ4v) is 3.61. The molecule has 0 aliphatic carbocycles. The number of halogens is 3. The molecule has 1 saturated heterocycles. The predicted molar refractivity (Wildman–Crippen MR) is 106 cm³/mol. The van der Waals surface area contributed by atoms with Gasteiger partial charge < -0.3 is 9.09 Å². The van der Waals surface area contributed by atoms with Crippen LogP contribution in [-0.4, -0.2) is 60.9 Å². The zero-order valence-corrected chi connectivity index (χ0v) is 17.6. The topological polar surface area (TPSA) is 76.1 Å². The van der Waals surface area contributed by atoms with Gasteiger partial charge in [-0.25, -0.2) is 0 Å². The number of hydrogen-bond donors (Lipinski definition) is 0. The molecule has 11 heteroatoms. The first-order valence-corrected chi connectivity index (χ1v) is 10.0. The fourth-order valence-electron chi connectivity index (χ4n) is 3.61. The third kappa shape index (κ3) is 4.62. The second kappa shape index (κ2) is 8.39. The van der Waals surface area contributed by atoms with Crippen molar-refractivity contribution in [2.75, 3.05) is 26.2 Å². The molecule has 3 heterocycles. The molecule has 0 amide bonds. The molecule has 1 aliphatic rings. The molecule has 1 fully saturated rings. The van der Waals surface area contributed by atoms with E-state index in [1.807, 2.05) is 25.5 Å². The Morgan fingerprint density at radius 3 is 2.52 bits per heavy atom. The number of aryl methyl sites for hydroxylation is 1. The lowest BCUT2D eigenvalue weighted by atomic mass is 10.1. The number of aromatic nitrogens is 5. The van der Waals surface area contributed by atoms with Crippen LogP contribution >= 0.6 is 0 Å². The second-order valence-corrected chi connectivity index (χ2v) is 7.75. The van der Waals surface area contributed by atoms with E-state index in [1.165, 1.54) is 6.07 Å². The molecule has 0 saturated carbocycles. The molecule has 3 aromatic rings. The zero-order chi connectivity index (χ0) is 22.2. The van der Waals surface area contributed by atoms with Gasteiger partial charge in [-0.2, -0.15) is 18.2 Å². The number of nitrogens with zero attached hydrogens (tertiary/aromatic N) is 7. The summed E-state index contributed by atoms with van der Waals surface area (Å²) in [5.74, 6) is 2.37. The second-order valence-electron chi connectivity index (χ2n) is 7.75. The Morgan fingerprint density at radius 1 is 1.13 bits per heavy atom. The lowest BCUT2D eigenvalue weighted by Crippen LogP contribution is -2.47. The quantitative estimate of drug-likeness (QED) is 0.610. The largest absolute Gasteiger partial charge is 0.416 e. The summed E-state index contributed by atoms with van der Waals surface area (Å²) in [4.78, 5) is 8.90. The minimum Gasteiger partial charge on any atom is -0.337 e. The van der Waals surface area contributed by atoms with Crippen LogP contribution in [0.2, 0.25) is 0 Å². The molecule has 166 valence electrons. The van der Waals surface area contributed by atoms with Crippen molar-refractivity contribution in [1.29, 1.82) is 0 Å². The van der Waals surface area contributed by atoms with Gasteiger partial charge in [0, 0.05) is 38.8 Å². The van der Waals surface area contributed by atoms with E-state index >= 15 is 0 Å². The van der Waals surface area contributed by atoms with E-state index in [0.29, 0.717) is 5.89 Å². The van der Waals surface area contributed by atoms with Crippen molar-refractivity contribution in [1.82, 2.24) is 34.7 Å². The van der Waals surface area contributed by atoms with Gasteiger partial charge in [-0.15, -0.1) is 10.2 Å². The number of piperazine rings is 1. The van der Waals surface area contributed by atoms with E-state index in [4.69, 9.17) is 4.52 Å². The first kappa shape index (κ1) is 21.4. The van der Waals surface area contributed by atoms with Crippen molar-refractivity contribution in [2.45, 2.75) is 32.6 Å². The average molecular weight is 435 g/mol. The van der Waals surface area contributed by atoms with Gasteiger partial charge >= 0.3 is 6.18 Å². The van der Waals surface area contributed by atoms with Crippen LogP contribution in [0.4, 0.5) is 13.2 Å². The highest BCUT2D eigenvalue weighted by atomic mass is 19.4. The maximum atomic E-state index is 13.0. The van der Waals surface area contributed by atoms with Gasteiger partial charge in [-0.3, -0.25) is 9.80 Å². The highest BCUT2D eigenvalue weighted by Crippen LogP contribution is 2.32. The van der Waals surface area contributed by atoms with Crippen LogP contribution in [0.5, 0.6) is 0 Å². The molecule has 2 aromatic heterocycles. The highest BCUT2D eigenvalue weighted by molar-refractivity contribution is 5.55. The summed E-state index contributed by atoms with van der Waals surface area (Å²) in [7, 11) is 1.96. The van der Waals surface area contributed by atoms with Gasteiger partial charge in [0.15, 0.2) is 0 Å². The standard InChI is InChI=1S/C20H24F3N7O/c1-13(30-9-7-29(8-10-30)12-17-26-25-14(2)28(17)3)19-24-18(27-31-19)15-5-4-6-16(11-15)20(21,22)23/h4-6,11,13H,7-10,12H2,1-3H3/t13-/m1/s1. The van der Waals surface area contributed by atoms with Crippen molar-refractivity contribution in [3.8, 4) is 11.4 Å². The Balaban J connectivity index is 1.38. The molecule has 0 bridgehead atoms. The van der Waals surface area contributed by atoms with Gasteiger partial charge in [-0.05, 0) is 26.0 Å². The van der Waals surface area contributed by atoms with Crippen molar-refractivity contribution < 1.29 is 17.7 Å². The summed E-state index contributed by atoms with van der Waals surface area (Å²) in [6.45, 7) is 7.94. The van der Waals surface area contributed by atoms with E-state index in [2.05, 4.69) is 30.1 Å². The molecular weight excluding hydrogens is 411 g/mol. The third-order valence-corrected chi connectivity index (χ3v) is 5.75. The summed E-state index contributed by atoms with van der Waals surface area (Å²) in [5, 5.41) is 12.2. The van der Waals surface area contributed by atoms with Crippen LogP contribution in [0.15, 0.2) is 28.8 Å². The number of rotatable bonds is 5. The molecule has 0 spiro atoms. The Bertz CT molecular complexity index is 1040. The Hall–Kier alpha value is -2.79. The number of alkyl halides is 3. The predicted octanol–water partition coefficient (Wildman–Crippen LogP) is 3.07. The maximum absolute atomic E-state index is 13.0. The zero-order valence-electron chi connectivity index (χ0n) is 17.6. The monoisotopic (exact) mass is 435 g/mol. The molecule has 0 radical (unpaired) electrons. The SMILES string of the molecule is Cc1nnc(CN2CCN([C@H](C)c3nc(-c4cccc(C(F)(F)F)c4)no3)CC2)n1C. The van der Waals surface area contributed by atoms with Crippen LogP contribution in [0, 0.1) is 6.92 Å². The number of hydrogen-bond acceptors (Lipinski definition) is 7. The van der Waals surface area contributed by atoms with Crippen molar-refractivity contribution in [3.63, 3.8) is 0 Å². The maximum Gasteiger partial charge on any atom is 0.416 e. The van der Waals surface area contributed by atoms with Crippen LogP contribution in [0.3, 0.4) is 0 Å². The van der Waals surface area contributed by atoms with Crippen LogP contribution in [0.1, 0.15) is 36.1 Å². The van der Waals surface area contributed by atoms with Gasteiger partial charge in [0.2, 0.25) is 11.7 Å². The van der Waals surface area contributed by atoms with Crippen LogP contribution < -0.4 is 0 Å². The molecule has 1 atom stereocenters. The molecule has 0 unspecified atom stereocenters. The van der Waals surface area contributed by atoms with Gasteiger partial charge in [0.1, 0.15) is 11.6 Å². The van der Waals surface area contributed by atoms with E-state index in [9.17, 15) is 13.2 Å². The third-order valence-electron chi connectivity index (χ3n) is 5.75. The van der Waals surface area contributed by atoms with Gasteiger partial charge in [0.05, 0.1) is 18.2 Å². The minimum atomic E-state index is -4.42. The van der Waals surface area contributed by atoms with E-state index in [0.717, 1.165) is 56.5 Å². The van der Waals surface area contributed by atoms with Crippen molar-refractivity contribution in [2.24, 2.45) is 7.05 Å². The van der Waals surface area contributed by atoms with Crippen LogP contribution in [0.25, 0.3) is 11.4 Å². The van der Waals surface area contributed by atoms with Crippen molar-refractivity contribution >= 4 is 0 Å². The first-order valence-electron chi connectivity index (χ1n) is 10.0. The minimum absolute atomic E-state index is 0.133. The Kier molecular flexibility index (Phi) is 5.80. The number of benzene rings is 1. The van der Waals surface area contributed by atoms with Crippen molar-refractivity contribution in [3.05, 3.63) is 47.4 Å². The summed E-state index contributed by atoms with van der Waals surface area (Å²) in [6.07, 6.45) is -4.42. The normalized spacial score (nSPS) is 17.2. The smallest absolute Gasteiger partial charge is 0.337 e. The lowest BCUT2D eigenvalue weighted by molar-refractivity contribution is -0.137. The summed E-state index contributed by atoms with van der Waals surface area (Å²) in [5.41, 5.74) is -0.459. The first-order chi connectivity index (χ1) is 14.7. The molecular formula is C20H24F3N7O. The summed E-state index contributed by atoms with van der Waals surface area (Å²) in [6, 6.07) is 4.81. The van der Waals surface area contributed by atoms with E-state index in [1.54, 1.807) is 6.07 Å². The average Bonchev–Trinajstić information content (AvgIpc) is 3.36. The van der Waals surface area contributed by atoms with Gasteiger partial charge in [0.25, 0.3) is 0 Å². The molecule has 1 aliphatic heterocycles. The summed E-state index contributed by atoms with van der Waals surface area (Å²) < 4.78 is 46.3. The molecule has 4 rings (SSSR count). The van der Waals surface area contributed by atoms with Gasteiger partial charge in [-0.1, -0.05) is 17.3 Å². The molecule has 1 aromatic carbocycles. The molecule has 31 heavy (non-hydrogen) atoms. The summed E-state index contributed by atoms with van der Waals surface area (Å²) >= 11 is 0. The highest BCUT2D eigenvalue weighted by Gasteiger charge is 2.31. The van der Waals surface area contributed by atoms with E-state index < -0.39 is 11.7 Å². The lowest BCUT2D eigenvalue weighted by Gasteiger charge is -2.36. The Labute approximate surface area is 177 Å². The van der Waals surface area contributed by atoms with Crippen LogP contribution in [-0.2, 0) is 19.8 Å². The molecule has 0 N–H and O–H groups in total. The molecule has 8 nitrogen and oxygen atoms in total. The fraction of sp³-hybridized carbons (Fsp3) is 0.500.